The Bertz CT molecular complexity index is 617. The summed E-state index contributed by atoms with van der Waals surface area (Å²) in [6, 6.07) is 8.24. The highest BCUT2D eigenvalue weighted by Gasteiger charge is 2.16. The largest absolute Gasteiger partial charge is 0.313 e. The van der Waals surface area contributed by atoms with Crippen molar-refractivity contribution in [1.82, 2.24) is 5.32 Å². The van der Waals surface area contributed by atoms with E-state index in [1.165, 1.54) is 30.3 Å². The van der Waals surface area contributed by atoms with E-state index in [0.29, 0.717) is 22.0 Å². The summed E-state index contributed by atoms with van der Waals surface area (Å²) in [7, 11) is 1.75. The van der Waals surface area contributed by atoms with E-state index in [1.54, 1.807) is 13.1 Å². The van der Waals surface area contributed by atoms with E-state index in [2.05, 4.69) is 5.32 Å². The SMILES string of the molecule is CNC(Cc1ccc(F)cc1Cl)c1cc(F)ccc1Cl. The standard InChI is InChI=1S/C15H13Cl2F2N/c1-20-15(12-7-10(18)4-5-13(12)16)6-9-2-3-11(19)8-14(9)17/h2-5,7-8,15,20H,6H2,1H3. The van der Waals surface area contributed by atoms with Crippen molar-refractivity contribution in [1.29, 1.82) is 0 Å². The smallest absolute Gasteiger partial charge is 0.124 e. The summed E-state index contributed by atoms with van der Waals surface area (Å²) >= 11 is 12.1. The third kappa shape index (κ3) is 3.48. The zero-order chi connectivity index (χ0) is 14.7. The molecule has 0 saturated heterocycles. The van der Waals surface area contributed by atoms with Crippen LogP contribution in [0.5, 0.6) is 0 Å². The first-order valence-electron chi connectivity index (χ1n) is 6.07. The number of likely N-dealkylation sites (N-methyl/N-ethyl adjacent to an activating group) is 1. The van der Waals surface area contributed by atoms with Crippen molar-refractivity contribution in [2.24, 2.45) is 0 Å². The Morgan fingerprint density at radius 3 is 2.30 bits per heavy atom. The maximum Gasteiger partial charge on any atom is 0.124 e. The van der Waals surface area contributed by atoms with E-state index in [-0.39, 0.29) is 17.7 Å². The molecule has 20 heavy (non-hydrogen) atoms. The Labute approximate surface area is 126 Å². The molecule has 0 radical (unpaired) electrons. The molecule has 0 aromatic heterocycles. The molecule has 1 atom stereocenters. The molecule has 0 aliphatic heterocycles. The van der Waals surface area contributed by atoms with Crippen molar-refractivity contribution in [3.63, 3.8) is 0 Å². The summed E-state index contributed by atoms with van der Waals surface area (Å²) < 4.78 is 26.4. The highest BCUT2D eigenvalue weighted by atomic mass is 35.5. The molecule has 2 aromatic rings. The molecular weight excluding hydrogens is 303 g/mol. The topological polar surface area (TPSA) is 12.0 Å². The van der Waals surface area contributed by atoms with Gasteiger partial charge in [0.1, 0.15) is 11.6 Å². The van der Waals surface area contributed by atoms with Crippen molar-refractivity contribution in [2.45, 2.75) is 12.5 Å². The van der Waals surface area contributed by atoms with Gasteiger partial charge < -0.3 is 5.32 Å². The first-order valence-corrected chi connectivity index (χ1v) is 6.83. The van der Waals surface area contributed by atoms with Crippen LogP contribution in [0.4, 0.5) is 8.78 Å². The van der Waals surface area contributed by atoms with Gasteiger partial charge in [0.05, 0.1) is 0 Å². The Balaban J connectivity index is 2.31. The Morgan fingerprint density at radius 2 is 1.65 bits per heavy atom. The van der Waals surface area contributed by atoms with Crippen LogP contribution in [0.1, 0.15) is 17.2 Å². The molecule has 0 spiro atoms. The summed E-state index contributed by atoms with van der Waals surface area (Å²) in [5.41, 5.74) is 1.42. The molecule has 1 N–H and O–H groups in total. The average molecular weight is 316 g/mol. The second-order valence-electron chi connectivity index (χ2n) is 4.45. The third-order valence-corrected chi connectivity index (χ3v) is 3.82. The third-order valence-electron chi connectivity index (χ3n) is 3.12. The molecule has 0 aliphatic carbocycles. The second-order valence-corrected chi connectivity index (χ2v) is 5.26. The van der Waals surface area contributed by atoms with Crippen molar-refractivity contribution in [3.05, 3.63) is 69.2 Å². The molecule has 0 heterocycles. The van der Waals surface area contributed by atoms with Crippen LogP contribution in [0.2, 0.25) is 10.0 Å². The molecule has 106 valence electrons. The van der Waals surface area contributed by atoms with Gasteiger partial charge in [0.15, 0.2) is 0 Å². The minimum Gasteiger partial charge on any atom is -0.313 e. The number of halogens is 4. The zero-order valence-electron chi connectivity index (χ0n) is 10.8. The van der Waals surface area contributed by atoms with Gasteiger partial charge in [0, 0.05) is 16.1 Å². The Kier molecular flexibility index (Phi) is 4.97. The van der Waals surface area contributed by atoms with Gasteiger partial charge in [-0.05, 0) is 54.9 Å². The van der Waals surface area contributed by atoms with E-state index < -0.39 is 0 Å². The maximum atomic E-state index is 13.4. The van der Waals surface area contributed by atoms with Crippen LogP contribution in [-0.2, 0) is 6.42 Å². The lowest BCUT2D eigenvalue weighted by Gasteiger charge is -2.19. The van der Waals surface area contributed by atoms with Crippen LogP contribution in [0.3, 0.4) is 0 Å². The minimum atomic E-state index is -0.386. The second kappa shape index (κ2) is 6.53. The molecule has 5 heteroatoms. The lowest BCUT2D eigenvalue weighted by molar-refractivity contribution is 0.576. The van der Waals surface area contributed by atoms with Crippen molar-refractivity contribution in [3.8, 4) is 0 Å². The number of benzene rings is 2. The van der Waals surface area contributed by atoms with Crippen molar-refractivity contribution >= 4 is 23.2 Å². The summed E-state index contributed by atoms with van der Waals surface area (Å²) in [6.07, 6.45) is 0.485. The van der Waals surface area contributed by atoms with E-state index >= 15 is 0 Å². The number of hydrogen-bond donors (Lipinski definition) is 1. The van der Waals surface area contributed by atoms with Gasteiger partial charge in [0.2, 0.25) is 0 Å². The number of nitrogens with one attached hydrogen (secondary N) is 1. The normalized spacial score (nSPS) is 12.4. The molecule has 0 fully saturated rings. The fourth-order valence-corrected chi connectivity index (χ4v) is 2.55. The average Bonchev–Trinajstić information content (AvgIpc) is 2.41. The van der Waals surface area contributed by atoms with Gasteiger partial charge >= 0.3 is 0 Å². The first kappa shape index (κ1) is 15.2. The van der Waals surface area contributed by atoms with Crippen LogP contribution in [0, 0.1) is 11.6 Å². The van der Waals surface area contributed by atoms with Crippen LogP contribution < -0.4 is 5.32 Å². The summed E-state index contributed by atoms with van der Waals surface area (Å²) in [5, 5.41) is 3.89. The van der Waals surface area contributed by atoms with E-state index in [0.717, 1.165) is 5.56 Å². The van der Waals surface area contributed by atoms with Gasteiger partial charge in [-0.3, -0.25) is 0 Å². The number of hydrogen-bond acceptors (Lipinski definition) is 1. The molecule has 1 unspecified atom stereocenters. The van der Waals surface area contributed by atoms with Gasteiger partial charge in [-0.15, -0.1) is 0 Å². The fourth-order valence-electron chi connectivity index (χ4n) is 2.06. The predicted molar refractivity (Wildman–Crippen MR) is 78.3 cm³/mol. The molecule has 0 aliphatic rings. The monoisotopic (exact) mass is 315 g/mol. The fraction of sp³-hybridized carbons (Fsp3) is 0.200. The minimum absolute atomic E-state index is 0.207. The van der Waals surface area contributed by atoms with E-state index in [1.807, 2.05) is 0 Å². The van der Waals surface area contributed by atoms with Crippen LogP contribution in [0.25, 0.3) is 0 Å². The predicted octanol–water partition coefficient (Wildman–Crippen LogP) is 4.77. The highest BCUT2D eigenvalue weighted by molar-refractivity contribution is 6.31. The lowest BCUT2D eigenvalue weighted by Crippen LogP contribution is -2.19. The zero-order valence-corrected chi connectivity index (χ0v) is 12.3. The maximum absolute atomic E-state index is 13.4. The Morgan fingerprint density at radius 1 is 1.00 bits per heavy atom. The summed E-state index contributed by atoms with van der Waals surface area (Å²) in [4.78, 5) is 0. The Hall–Kier alpha value is -1.16. The molecule has 2 aromatic carbocycles. The molecule has 0 bridgehead atoms. The van der Waals surface area contributed by atoms with Crippen LogP contribution in [-0.4, -0.2) is 7.05 Å². The first-order chi connectivity index (χ1) is 9.51. The summed E-state index contributed by atoms with van der Waals surface area (Å²) in [5.74, 6) is -0.738. The highest BCUT2D eigenvalue weighted by Crippen LogP contribution is 2.29. The molecule has 0 saturated carbocycles. The molecule has 1 nitrogen and oxygen atoms in total. The molecule has 2 rings (SSSR count). The van der Waals surface area contributed by atoms with E-state index in [9.17, 15) is 8.78 Å². The van der Waals surface area contributed by atoms with E-state index in [4.69, 9.17) is 23.2 Å². The van der Waals surface area contributed by atoms with Crippen molar-refractivity contribution in [2.75, 3.05) is 7.05 Å². The van der Waals surface area contributed by atoms with Gasteiger partial charge in [0.25, 0.3) is 0 Å². The molecule has 0 amide bonds. The lowest BCUT2D eigenvalue weighted by atomic mass is 9.98. The molecular formula is C15H13Cl2F2N. The van der Waals surface area contributed by atoms with Gasteiger partial charge in [-0.1, -0.05) is 29.3 Å². The van der Waals surface area contributed by atoms with Gasteiger partial charge in [-0.2, -0.15) is 0 Å². The quantitative estimate of drug-likeness (QED) is 0.856. The summed E-state index contributed by atoms with van der Waals surface area (Å²) in [6.45, 7) is 0. The van der Waals surface area contributed by atoms with Crippen LogP contribution in [0.15, 0.2) is 36.4 Å². The van der Waals surface area contributed by atoms with Crippen molar-refractivity contribution < 1.29 is 8.78 Å². The van der Waals surface area contributed by atoms with Crippen LogP contribution >= 0.6 is 23.2 Å². The van der Waals surface area contributed by atoms with Gasteiger partial charge in [-0.25, -0.2) is 8.78 Å². The number of rotatable bonds is 4.